The molecule has 1 amide bonds. The van der Waals surface area contributed by atoms with E-state index in [0.717, 1.165) is 0 Å². The lowest BCUT2D eigenvalue weighted by Gasteiger charge is -2.18. The molecule has 1 unspecified atom stereocenters. The van der Waals surface area contributed by atoms with Gasteiger partial charge in [-0.05, 0) is 49.2 Å². The molecule has 0 saturated carbocycles. The van der Waals surface area contributed by atoms with Crippen LogP contribution in [0.3, 0.4) is 0 Å². The number of thioether (sulfide) groups is 1. The molecule has 31 heavy (non-hydrogen) atoms. The molecule has 3 rings (SSSR count). The number of benzene rings is 2. The van der Waals surface area contributed by atoms with E-state index in [1.807, 2.05) is 4.57 Å². The van der Waals surface area contributed by atoms with E-state index in [4.69, 9.17) is 4.74 Å². The first-order chi connectivity index (χ1) is 14.8. The van der Waals surface area contributed by atoms with Crippen LogP contribution in [-0.4, -0.2) is 26.4 Å². The predicted molar refractivity (Wildman–Crippen MR) is 116 cm³/mol. The number of rotatable bonds is 9. The van der Waals surface area contributed by atoms with E-state index in [2.05, 4.69) is 29.4 Å². The summed E-state index contributed by atoms with van der Waals surface area (Å²) < 4.78 is 34.6. The summed E-state index contributed by atoms with van der Waals surface area (Å²) in [5.74, 6) is 0.0386. The van der Waals surface area contributed by atoms with Crippen molar-refractivity contribution in [3.63, 3.8) is 0 Å². The SMILES string of the molecule is CC(C)Cn1c(SCC(=O)Nc2ccc(F)cc2)nnc1C(C)Oc1ccccc1F. The van der Waals surface area contributed by atoms with E-state index in [0.29, 0.717) is 29.1 Å². The van der Waals surface area contributed by atoms with Gasteiger partial charge in [0.15, 0.2) is 28.7 Å². The van der Waals surface area contributed by atoms with Crippen LogP contribution in [0.25, 0.3) is 0 Å². The highest BCUT2D eigenvalue weighted by Gasteiger charge is 2.22. The smallest absolute Gasteiger partial charge is 0.234 e. The van der Waals surface area contributed by atoms with Crippen molar-refractivity contribution in [2.45, 2.75) is 38.6 Å². The second-order valence-electron chi connectivity index (χ2n) is 7.38. The van der Waals surface area contributed by atoms with Gasteiger partial charge < -0.3 is 14.6 Å². The topological polar surface area (TPSA) is 69.0 Å². The van der Waals surface area contributed by atoms with Gasteiger partial charge in [-0.1, -0.05) is 37.7 Å². The molecule has 0 bridgehead atoms. The Kier molecular flexibility index (Phi) is 7.62. The van der Waals surface area contributed by atoms with Crippen LogP contribution in [0, 0.1) is 17.6 Å². The van der Waals surface area contributed by atoms with Gasteiger partial charge in [-0.2, -0.15) is 0 Å². The van der Waals surface area contributed by atoms with Gasteiger partial charge in [0.25, 0.3) is 0 Å². The van der Waals surface area contributed by atoms with Crippen molar-refractivity contribution < 1.29 is 18.3 Å². The number of ether oxygens (including phenoxy) is 1. The second-order valence-corrected chi connectivity index (χ2v) is 8.32. The van der Waals surface area contributed by atoms with Crippen LogP contribution in [-0.2, 0) is 11.3 Å². The summed E-state index contributed by atoms with van der Waals surface area (Å²) in [5.41, 5.74) is 0.517. The summed E-state index contributed by atoms with van der Waals surface area (Å²) in [4.78, 5) is 12.3. The zero-order valence-corrected chi connectivity index (χ0v) is 18.3. The molecule has 0 aliphatic rings. The van der Waals surface area contributed by atoms with Crippen molar-refractivity contribution in [3.8, 4) is 5.75 Å². The maximum absolute atomic E-state index is 14.0. The van der Waals surface area contributed by atoms with Crippen LogP contribution in [0.15, 0.2) is 53.7 Å². The van der Waals surface area contributed by atoms with Crippen LogP contribution >= 0.6 is 11.8 Å². The van der Waals surface area contributed by atoms with Crippen LogP contribution < -0.4 is 10.1 Å². The van der Waals surface area contributed by atoms with Crippen molar-refractivity contribution in [1.29, 1.82) is 0 Å². The summed E-state index contributed by atoms with van der Waals surface area (Å²) >= 11 is 1.24. The normalized spacial score (nSPS) is 12.1. The molecular formula is C22H24F2N4O2S. The molecule has 1 aromatic heterocycles. The van der Waals surface area contributed by atoms with Gasteiger partial charge >= 0.3 is 0 Å². The highest BCUT2D eigenvalue weighted by atomic mass is 32.2. The van der Waals surface area contributed by atoms with Gasteiger partial charge in [0.1, 0.15) is 5.82 Å². The number of carbonyl (C=O) groups is 1. The molecule has 1 heterocycles. The minimum atomic E-state index is -0.537. The van der Waals surface area contributed by atoms with E-state index >= 15 is 0 Å². The lowest BCUT2D eigenvalue weighted by Crippen LogP contribution is -2.17. The third kappa shape index (κ3) is 6.27. The molecule has 1 N–H and O–H groups in total. The minimum absolute atomic E-state index is 0.107. The molecule has 0 aliphatic carbocycles. The van der Waals surface area contributed by atoms with E-state index in [1.54, 1.807) is 25.1 Å². The van der Waals surface area contributed by atoms with Crippen molar-refractivity contribution in [3.05, 3.63) is 66.0 Å². The molecule has 0 spiro atoms. The lowest BCUT2D eigenvalue weighted by atomic mass is 10.2. The van der Waals surface area contributed by atoms with Crippen molar-refractivity contribution in [2.75, 3.05) is 11.1 Å². The number of halogens is 2. The number of para-hydroxylation sites is 1. The van der Waals surface area contributed by atoms with Gasteiger partial charge in [-0.25, -0.2) is 8.78 Å². The molecule has 0 radical (unpaired) electrons. The Balaban J connectivity index is 1.70. The number of hydrogen-bond acceptors (Lipinski definition) is 5. The summed E-state index contributed by atoms with van der Waals surface area (Å²) in [6.07, 6.45) is -0.537. The Bertz CT molecular complexity index is 1020. The van der Waals surface area contributed by atoms with Gasteiger partial charge in [-0.3, -0.25) is 4.79 Å². The first kappa shape index (κ1) is 22.7. The average molecular weight is 447 g/mol. The van der Waals surface area contributed by atoms with Crippen molar-refractivity contribution in [2.24, 2.45) is 5.92 Å². The molecule has 1 atom stereocenters. The summed E-state index contributed by atoms with van der Waals surface area (Å²) in [6.45, 7) is 6.52. The van der Waals surface area contributed by atoms with Gasteiger partial charge in [0, 0.05) is 12.2 Å². The van der Waals surface area contributed by atoms with Crippen LogP contribution in [0.5, 0.6) is 5.75 Å². The number of anilines is 1. The molecule has 6 nitrogen and oxygen atoms in total. The Morgan fingerprint density at radius 3 is 2.48 bits per heavy atom. The number of amides is 1. The molecular weight excluding hydrogens is 422 g/mol. The Morgan fingerprint density at radius 1 is 1.10 bits per heavy atom. The summed E-state index contributed by atoms with van der Waals surface area (Å²) in [5, 5.41) is 11.7. The standard InChI is InChI=1S/C22H24F2N4O2S/c1-14(2)12-28-21(15(3)30-19-7-5-4-6-18(19)24)26-27-22(28)31-13-20(29)25-17-10-8-16(23)9-11-17/h4-11,14-15H,12-13H2,1-3H3,(H,25,29). The lowest BCUT2D eigenvalue weighted by molar-refractivity contribution is -0.113. The van der Waals surface area contributed by atoms with Crippen molar-refractivity contribution in [1.82, 2.24) is 14.8 Å². The number of nitrogens with zero attached hydrogens (tertiary/aromatic N) is 3. The van der Waals surface area contributed by atoms with E-state index in [1.165, 1.54) is 42.1 Å². The fourth-order valence-electron chi connectivity index (χ4n) is 2.89. The number of hydrogen-bond donors (Lipinski definition) is 1. The van der Waals surface area contributed by atoms with E-state index in [-0.39, 0.29) is 23.2 Å². The third-order valence-corrected chi connectivity index (χ3v) is 5.22. The quantitative estimate of drug-likeness (QED) is 0.464. The Morgan fingerprint density at radius 2 is 1.81 bits per heavy atom. The zero-order chi connectivity index (χ0) is 22.4. The third-order valence-electron chi connectivity index (χ3n) is 4.26. The van der Waals surface area contributed by atoms with E-state index in [9.17, 15) is 13.6 Å². The number of nitrogens with one attached hydrogen (secondary N) is 1. The predicted octanol–water partition coefficient (Wildman–Crippen LogP) is 5.08. The van der Waals surface area contributed by atoms with Gasteiger partial charge in [-0.15, -0.1) is 10.2 Å². The molecule has 3 aromatic rings. The first-order valence-corrected chi connectivity index (χ1v) is 10.8. The van der Waals surface area contributed by atoms with Gasteiger partial charge in [0.05, 0.1) is 5.75 Å². The second kappa shape index (κ2) is 10.4. The highest BCUT2D eigenvalue weighted by molar-refractivity contribution is 7.99. The summed E-state index contributed by atoms with van der Waals surface area (Å²) in [6, 6.07) is 11.8. The van der Waals surface area contributed by atoms with Crippen LogP contribution in [0.2, 0.25) is 0 Å². The fraction of sp³-hybridized carbons (Fsp3) is 0.318. The Labute approximate surface area is 184 Å². The molecule has 0 fully saturated rings. The maximum atomic E-state index is 14.0. The van der Waals surface area contributed by atoms with Crippen LogP contribution in [0.1, 0.15) is 32.7 Å². The monoisotopic (exact) mass is 446 g/mol. The Hall–Kier alpha value is -2.94. The number of aromatic nitrogens is 3. The molecule has 2 aromatic carbocycles. The van der Waals surface area contributed by atoms with Crippen molar-refractivity contribution >= 4 is 23.4 Å². The zero-order valence-electron chi connectivity index (χ0n) is 17.5. The fourth-order valence-corrected chi connectivity index (χ4v) is 3.64. The average Bonchev–Trinajstić information content (AvgIpc) is 3.12. The van der Waals surface area contributed by atoms with Gasteiger partial charge in [0.2, 0.25) is 5.91 Å². The summed E-state index contributed by atoms with van der Waals surface area (Å²) in [7, 11) is 0. The molecule has 9 heteroatoms. The van der Waals surface area contributed by atoms with Crippen LogP contribution in [0.4, 0.5) is 14.5 Å². The molecule has 164 valence electrons. The first-order valence-electron chi connectivity index (χ1n) is 9.86. The largest absolute Gasteiger partial charge is 0.480 e. The maximum Gasteiger partial charge on any atom is 0.234 e. The minimum Gasteiger partial charge on any atom is -0.480 e. The number of carbonyl (C=O) groups excluding carboxylic acids is 1. The molecule has 0 aliphatic heterocycles. The molecule has 0 saturated heterocycles. The highest BCUT2D eigenvalue weighted by Crippen LogP contribution is 2.27. The van der Waals surface area contributed by atoms with E-state index < -0.39 is 11.9 Å².